The summed E-state index contributed by atoms with van der Waals surface area (Å²) in [6.45, 7) is 6.56. The number of aryl methyl sites for hydroxylation is 1. The van der Waals surface area contributed by atoms with Crippen LogP contribution in [0.15, 0.2) is 46.3 Å². The molecular weight excluding hydrogens is 360 g/mol. The Morgan fingerprint density at radius 2 is 2.00 bits per heavy atom. The van der Waals surface area contributed by atoms with E-state index in [0.717, 1.165) is 16.8 Å². The summed E-state index contributed by atoms with van der Waals surface area (Å²) in [6.07, 6.45) is 1.82. The average Bonchev–Trinajstić information content (AvgIpc) is 2.99. The molecule has 3 rings (SSSR count). The van der Waals surface area contributed by atoms with Crippen LogP contribution >= 0.6 is 11.8 Å². The van der Waals surface area contributed by atoms with Crippen molar-refractivity contribution in [3.8, 4) is 11.5 Å². The van der Waals surface area contributed by atoms with Crippen LogP contribution in [0.3, 0.4) is 0 Å². The Kier molecular flexibility index (Phi) is 5.86. The molecule has 1 heterocycles. The van der Waals surface area contributed by atoms with E-state index in [2.05, 4.69) is 10.3 Å². The number of methoxy groups -OCH3 is 1. The highest BCUT2D eigenvalue weighted by Gasteiger charge is 2.24. The molecule has 0 unspecified atom stereocenters. The van der Waals surface area contributed by atoms with E-state index in [4.69, 9.17) is 9.47 Å². The van der Waals surface area contributed by atoms with Gasteiger partial charge in [-0.3, -0.25) is 4.79 Å². The highest BCUT2D eigenvalue weighted by atomic mass is 32.2. The summed E-state index contributed by atoms with van der Waals surface area (Å²) in [5.41, 5.74) is 4.00. The van der Waals surface area contributed by atoms with Crippen LogP contribution in [0.5, 0.6) is 11.5 Å². The summed E-state index contributed by atoms with van der Waals surface area (Å²) in [6, 6.07) is 11.6. The first-order chi connectivity index (χ1) is 13.0. The number of carbonyl (C=O) groups excluding carboxylic acids is 1. The molecule has 0 atom stereocenters. The van der Waals surface area contributed by atoms with Crippen LogP contribution in [0.2, 0.25) is 0 Å². The fraction of sp³-hybridized carbons (Fsp3) is 0.238. The van der Waals surface area contributed by atoms with Gasteiger partial charge in [0.1, 0.15) is 0 Å². The molecule has 140 valence electrons. The second-order valence-electron chi connectivity index (χ2n) is 6.04. The normalized spacial score (nSPS) is 16.7. The smallest absolute Gasteiger partial charge is 0.264 e. The van der Waals surface area contributed by atoms with Gasteiger partial charge in [-0.25, -0.2) is 4.99 Å². The monoisotopic (exact) mass is 382 g/mol. The Bertz CT molecular complexity index is 935. The quantitative estimate of drug-likeness (QED) is 0.768. The molecule has 1 saturated heterocycles. The third-order valence-corrected chi connectivity index (χ3v) is 5.14. The summed E-state index contributed by atoms with van der Waals surface area (Å²) in [5, 5.41) is 3.41. The van der Waals surface area contributed by atoms with Crippen molar-refractivity contribution in [3.05, 3.63) is 58.0 Å². The number of carbonyl (C=O) groups is 1. The lowest BCUT2D eigenvalue weighted by Crippen LogP contribution is -2.19. The standard InChI is InChI=1S/C21H22N2O3S/c1-5-26-17-10-9-15(11-18(17)25-4)12-19-20(24)23-21(27-19)22-16-8-6-7-13(2)14(16)3/h6-12H,5H2,1-4H3,(H,22,23,24). The van der Waals surface area contributed by atoms with Crippen LogP contribution in [-0.2, 0) is 4.79 Å². The fourth-order valence-corrected chi connectivity index (χ4v) is 3.48. The van der Waals surface area contributed by atoms with Gasteiger partial charge in [-0.15, -0.1) is 0 Å². The van der Waals surface area contributed by atoms with Crippen LogP contribution in [0, 0.1) is 13.8 Å². The summed E-state index contributed by atoms with van der Waals surface area (Å²) in [5.74, 6) is 1.17. The van der Waals surface area contributed by atoms with Crippen molar-refractivity contribution in [2.75, 3.05) is 13.7 Å². The van der Waals surface area contributed by atoms with Gasteiger partial charge in [0, 0.05) is 0 Å². The van der Waals surface area contributed by atoms with E-state index in [1.54, 1.807) is 7.11 Å². The molecule has 0 aliphatic carbocycles. The summed E-state index contributed by atoms with van der Waals surface area (Å²) < 4.78 is 10.9. The number of amidine groups is 1. The second kappa shape index (κ2) is 8.31. The number of hydrogen-bond acceptors (Lipinski definition) is 5. The first kappa shape index (κ1) is 19.0. The molecule has 0 aromatic heterocycles. The third kappa shape index (κ3) is 4.34. The molecule has 1 fully saturated rings. The zero-order valence-corrected chi connectivity index (χ0v) is 16.6. The van der Waals surface area contributed by atoms with Gasteiger partial charge in [-0.1, -0.05) is 18.2 Å². The van der Waals surface area contributed by atoms with Gasteiger partial charge in [-0.05, 0) is 73.5 Å². The predicted molar refractivity (Wildman–Crippen MR) is 111 cm³/mol. The molecule has 5 nitrogen and oxygen atoms in total. The molecule has 1 aliphatic heterocycles. The van der Waals surface area contributed by atoms with E-state index in [1.807, 2.05) is 63.2 Å². The number of amides is 1. The van der Waals surface area contributed by atoms with E-state index in [9.17, 15) is 4.79 Å². The molecule has 27 heavy (non-hydrogen) atoms. The number of nitrogens with one attached hydrogen (secondary N) is 1. The lowest BCUT2D eigenvalue weighted by atomic mass is 10.1. The number of ether oxygens (including phenoxy) is 2. The highest BCUT2D eigenvalue weighted by Crippen LogP contribution is 2.32. The minimum absolute atomic E-state index is 0.156. The van der Waals surface area contributed by atoms with Gasteiger partial charge in [0.25, 0.3) is 5.91 Å². The maximum absolute atomic E-state index is 12.3. The van der Waals surface area contributed by atoms with Crippen LogP contribution in [0.1, 0.15) is 23.6 Å². The lowest BCUT2D eigenvalue weighted by molar-refractivity contribution is -0.115. The van der Waals surface area contributed by atoms with Crippen molar-refractivity contribution in [1.29, 1.82) is 0 Å². The van der Waals surface area contributed by atoms with E-state index < -0.39 is 0 Å². The van der Waals surface area contributed by atoms with Crippen molar-refractivity contribution in [3.63, 3.8) is 0 Å². The Morgan fingerprint density at radius 1 is 1.19 bits per heavy atom. The van der Waals surface area contributed by atoms with E-state index in [0.29, 0.717) is 28.2 Å². The largest absolute Gasteiger partial charge is 0.493 e. The number of benzene rings is 2. The minimum atomic E-state index is -0.156. The molecule has 1 aliphatic rings. The van der Waals surface area contributed by atoms with Gasteiger partial charge < -0.3 is 14.8 Å². The zero-order valence-electron chi connectivity index (χ0n) is 15.8. The Hall–Kier alpha value is -2.73. The minimum Gasteiger partial charge on any atom is -0.493 e. The van der Waals surface area contributed by atoms with Crippen LogP contribution in [0.4, 0.5) is 5.69 Å². The molecule has 1 N–H and O–H groups in total. The van der Waals surface area contributed by atoms with Crippen LogP contribution in [-0.4, -0.2) is 24.8 Å². The SMILES string of the molecule is CCOc1ccc(C=C2SC(=Nc3cccc(C)c3C)NC2=O)cc1OC. The number of aliphatic imine (C=N–C) groups is 1. The maximum Gasteiger partial charge on any atom is 0.264 e. The molecule has 2 aromatic rings. The number of thioether (sulfide) groups is 1. The third-order valence-electron chi connectivity index (χ3n) is 4.23. The molecule has 0 bridgehead atoms. The maximum atomic E-state index is 12.3. The van der Waals surface area contributed by atoms with Crippen molar-refractivity contribution in [2.45, 2.75) is 20.8 Å². The molecular formula is C21H22N2O3S. The first-order valence-corrected chi connectivity index (χ1v) is 9.50. The Balaban J connectivity index is 1.85. The van der Waals surface area contributed by atoms with Crippen molar-refractivity contribution >= 4 is 34.6 Å². The highest BCUT2D eigenvalue weighted by molar-refractivity contribution is 8.18. The molecule has 6 heteroatoms. The topological polar surface area (TPSA) is 59.9 Å². The van der Waals surface area contributed by atoms with Gasteiger partial charge in [0.05, 0.1) is 24.3 Å². The molecule has 0 saturated carbocycles. The summed E-state index contributed by atoms with van der Waals surface area (Å²) in [4.78, 5) is 17.5. The number of nitrogens with zero attached hydrogens (tertiary/aromatic N) is 1. The predicted octanol–water partition coefficient (Wildman–Crippen LogP) is 4.60. The lowest BCUT2D eigenvalue weighted by Gasteiger charge is -2.09. The summed E-state index contributed by atoms with van der Waals surface area (Å²) >= 11 is 1.33. The fourth-order valence-electron chi connectivity index (χ4n) is 2.65. The average molecular weight is 382 g/mol. The van der Waals surface area contributed by atoms with Crippen LogP contribution < -0.4 is 14.8 Å². The zero-order chi connectivity index (χ0) is 19.4. The first-order valence-electron chi connectivity index (χ1n) is 8.68. The van der Waals surface area contributed by atoms with Crippen molar-refractivity contribution in [1.82, 2.24) is 5.32 Å². The van der Waals surface area contributed by atoms with Gasteiger partial charge in [0.2, 0.25) is 0 Å². The summed E-state index contributed by atoms with van der Waals surface area (Å²) in [7, 11) is 1.60. The molecule has 2 aromatic carbocycles. The number of hydrogen-bond donors (Lipinski definition) is 1. The van der Waals surface area contributed by atoms with E-state index in [-0.39, 0.29) is 5.91 Å². The van der Waals surface area contributed by atoms with Crippen LogP contribution in [0.25, 0.3) is 6.08 Å². The van der Waals surface area contributed by atoms with Crippen molar-refractivity contribution in [2.24, 2.45) is 4.99 Å². The number of rotatable bonds is 5. The molecule has 1 amide bonds. The van der Waals surface area contributed by atoms with Crippen molar-refractivity contribution < 1.29 is 14.3 Å². The van der Waals surface area contributed by atoms with E-state index >= 15 is 0 Å². The Labute approximate surface area is 163 Å². The van der Waals surface area contributed by atoms with Gasteiger partial charge in [-0.2, -0.15) is 0 Å². The Morgan fingerprint density at radius 3 is 2.74 bits per heavy atom. The van der Waals surface area contributed by atoms with E-state index in [1.165, 1.54) is 17.3 Å². The molecule has 0 spiro atoms. The van der Waals surface area contributed by atoms with Gasteiger partial charge >= 0.3 is 0 Å². The second-order valence-corrected chi connectivity index (χ2v) is 7.07. The van der Waals surface area contributed by atoms with Gasteiger partial charge in [0.15, 0.2) is 16.7 Å². The molecule has 0 radical (unpaired) electrons.